The van der Waals surface area contributed by atoms with E-state index in [0.717, 1.165) is 28.1 Å². The Morgan fingerprint density at radius 1 is 1.29 bits per heavy atom. The summed E-state index contributed by atoms with van der Waals surface area (Å²) in [7, 11) is 1.66. The van der Waals surface area contributed by atoms with Crippen LogP contribution in [0.1, 0.15) is 22.7 Å². The number of fused-ring (bicyclic) bond motifs is 1. The van der Waals surface area contributed by atoms with Gasteiger partial charge in [0.25, 0.3) is 0 Å². The molecule has 1 atom stereocenters. The van der Waals surface area contributed by atoms with E-state index in [4.69, 9.17) is 10.5 Å². The van der Waals surface area contributed by atoms with Crippen molar-refractivity contribution in [1.82, 2.24) is 0 Å². The van der Waals surface area contributed by atoms with Gasteiger partial charge in [0.05, 0.1) is 13.5 Å². The van der Waals surface area contributed by atoms with Crippen LogP contribution >= 0.6 is 0 Å². The number of nitrogens with one attached hydrogen (secondary N) is 1. The average Bonchev–Trinajstić information content (AvgIpc) is 2.86. The topological polar surface area (TPSA) is 64.3 Å². The first kappa shape index (κ1) is 13.6. The highest BCUT2D eigenvalue weighted by atomic mass is 16.5. The molecule has 1 heterocycles. The number of methoxy groups -OCH3 is 1. The number of carbonyl (C=O) groups is 1. The summed E-state index contributed by atoms with van der Waals surface area (Å²) >= 11 is 0. The lowest BCUT2D eigenvalue weighted by Crippen LogP contribution is -2.14. The standard InChI is InChI=1S/C17H18N2O2/c1-21-16-5-3-2-4-12(16)9-14(18)11-6-7-15-13(8-11)10-17(20)19-15/h2-8,14H,9-10,18H2,1H3,(H,19,20). The van der Waals surface area contributed by atoms with E-state index in [1.165, 1.54) is 0 Å². The number of nitrogens with two attached hydrogens (primary N) is 1. The fraction of sp³-hybridized carbons (Fsp3) is 0.235. The zero-order valence-corrected chi connectivity index (χ0v) is 11.9. The zero-order valence-electron chi connectivity index (χ0n) is 11.9. The lowest BCUT2D eigenvalue weighted by molar-refractivity contribution is -0.115. The molecule has 0 fully saturated rings. The SMILES string of the molecule is COc1ccccc1CC(N)c1ccc2c(c1)CC(=O)N2. The Morgan fingerprint density at radius 3 is 2.90 bits per heavy atom. The van der Waals surface area contributed by atoms with Gasteiger partial charge in [-0.3, -0.25) is 4.79 Å². The van der Waals surface area contributed by atoms with Crippen molar-refractivity contribution in [2.45, 2.75) is 18.9 Å². The average molecular weight is 282 g/mol. The van der Waals surface area contributed by atoms with E-state index in [2.05, 4.69) is 5.32 Å². The molecule has 0 saturated carbocycles. The second-order valence-corrected chi connectivity index (χ2v) is 5.26. The number of hydrogen-bond acceptors (Lipinski definition) is 3. The molecule has 21 heavy (non-hydrogen) atoms. The van der Waals surface area contributed by atoms with Crippen LogP contribution in [0.2, 0.25) is 0 Å². The van der Waals surface area contributed by atoms with E-state index in [0.29, 0.717) is 12.8 Å². The highest BCUT2D eigenvalue weighted by Crippen LogP contribution is 2.28. The maximum atomic E-state index is 11.4. The van der Waals surface area contributed by atoms with E-state index in [-0.39, 0.29) is 11.9 Å². The summed E-state index contributed by atoms with van der Waals surface area (Å²) in [5.41, 5.74) is 10.4. The third-order valence-electron chi connectivity index (χ3n) is 3.81. The number of carbonyl (C=O) groups excluding carboxylic acids is 1. The van der Waals surface area contributed by atoms with Gasteiger partial charge < -0.3 is 15.8 Å². The zero-order chi connectivity index (χ0) is 14.8. The van der Waals surface area contributed by atoms with Gasteiger partial charge in [-0.05, 0) is 35.2 Å². The minimum atomic E-state index is -0.123. The van der Waals surface area contributed by atoms with Crippen LogP contribution in [0.15, 0.2) is 42.5 Å². The molecule has 0 saturated heterocycles. The molecule has 0 spiro atoms. The van der Waals surface area contributed by atoms with Crippen LogP contribution in [-0.4, -0.2) is 13.0 Å². The van der Waals surface area contributed by atoms with E-state index in [1.54, 1.807) is 7.11 Å². The molecular formula is C17H18N2O2. The van der Waals surface area contributed by atoms with Gasteiger partial charge >= 0.3 is 0 Å². The molecule has 108 valence electrons. The third-order valence-corrected chi connectivity index (χ3v) is 3.81. The summed E-state index contributed by atoms with van der Waals surface area (Å²) in [6.07, 6.45) is 1.13. The maximum absolute atomic E-state index is 11.4. The van der Waals surface area contributed by atoms with Crippen LogP contribution in [0.5, 0.6) is 5.75 Å². The molecule has 1 amide bonds. The van der Waals surface area contributed by atoms with Crippen molar-refractivity contribution in [3.63, 3.8) is 0 Å². The predicted octanol–water partition coefficient (Wildman–Crippen LogP) is 2.43. The Balaban J connectivity index is 1.81. The van der Waals surface area contributed by atoms with Crippen LogP contribution in [-0.2, 0) is 17.6 Å². The summed E-state index contributed by atoms with van der Waals surface area (Å²) in [6.45, 7) is 0. The van der Waals surface area contributed by atoms with E-state index < -0.39 is 0 Å². The van der Waals surface area contributed by atoms with Crippen molar-refractivity contribution in [3.8, 4) is 5.75 Å². The maximum Gasteiger partial charge on any atom is 0.228 e. The molecular weight excluding hydrogens is 264 g/mol. The third kappa shape index (κ3) is 2.76. The second kappa shape index (κ2) is 5.58. The van der Waals surface area contributed by atoms with Gasteiger partial charge in [0.1, 0.15) is 5.75 Å². The van der Waals surface area contributed by atoms with Gasteiger partial charge in [-0.1, -0.05) is 30.3 Å². The van der Waals surface area contributed by atoms with E-state index in [9.17, 15) is 4.79 Å². The van der Waals surface area contributed by atoms with Gasteiger partial charge in [0, 0.05) is 11.7 Å². The van der Waals surface area contributed by atoms with Gasteiger partial charge in [-0.25, -0.2) is 0 Å². The Morgan fingerprint density at radius 2 is 2.10 bits per heavy atom. The molecule has 3 rings (SSSR count). The summed E-state index contributed by atoms with van der Waals surface area (Å²) in [6, 6.07) is 13.7. The summed E-state index contributed by atoms with van der Waals surface area (Å²) < 4.78 is 5.36. The van der Waals surface area contributed by atoms with Gasteiger partial charge in [0.2, 0.25) is 5.91 Å². The molecule has 1 unspecified atom stereocenters. The minimum absolute atomic E-state index is 0.0421. The fourth-order valence-electron chi connectivity index (χ4n) is 2.71. The second-order valence-electron chi connectivity index (χ2n) is 5.26. The lowest BCUT2D eigenvalue weighted by Gasteiger charge is -2.15. The quantitative estimate of drug-likeness (QED) is 0.905. The van der Waals surface area contributed by atoms with Gasteiger partial charge in [-0.2, -0.15) is 0 Å². The Kier molecular flexibility index (Phi) is 3.62. The van der Waals surface area contributed by atoms with Crippen molar-refractivity contribution in [2.75, 3.05) is 12.4 Å². The first-order valence-corrected chi connectivity index (χ1v) is 6.97. The van der Waals surface area contributed by atoms with Crippen molar-refractivity contribution < 1.29 is 9.53 Å². The summed E-state index contributed by atoms with van der Waals surface area (Å²) in [5, 5.41) is 2.83. The van der Waals surface area contributed by atoms with Crippen LogP contribution in [0, 0.1) is 0 Å². The number of hydrogen-bond donors (Lipinski definition) is 2. The van der Waals surface area contributed by atoms with Crippen LogP contribution in [0.4, 0.5) is 5.69 Å². The van der Waals surface area contributed by atoms with Crippen LogP contribution in [0.3, 0.4) is 0 Å². The van der Waals surface area contributed by atoms with Gasteiger partial charge in [-0.15, -0.1) is 0 Å². The highest BCUT2D eigenvalue weighted by Gasteiger charge is 2.19. The monoisotopic (exact) mass is 282 g/mol. The number of para-hydroxylation sites is 1. The number of anilines is 1. The molecule has 0 aliphatic carbocycles. The number of benzene rings is 2. The largest absolute Gasteiger partial charge is 0.496 e. The molecule has 0 bridgehead atoms. The molecule has 2 aromatic carbocycles. The Bertz CT molecular complexity index is 682. The molecule has 0 radical (unpaired) electrons. The van der Waals surface area contributed by atoms with Crippen molar-refractivity contribution in [2.24, 2.45) is 5.73 Å². The summed E-state index contributed by atoms with van der Waals surface area (Å²) in [4.78, 5) is 11.4. The van der Waals surface area contributed by atoms with Crippen molar-refractivity contribution in [1.29, 1.82) is 0 Å². The van der Waals surface area contributed by atoms with E-state index >= 15 is 0 Å². The normalized spacial score (nSPS) is 14.5. The smallest absolute Gasteiger partial charge is 0.228 e. The van der Waals surface area contributed by atoms with Crippen LogP contribution in [0.25, 0.3) is 0 Å². The van der Waals surface area contributed by atoms with Crippen molar-refractivity contribution in [3.05, 3.63) is 59.2 Å². The molecule has 4 heteroatoms. The predicted molar refractivity (Wildman–Crippen MR) is 82.4 cm³/mol. The molecule has 3 N–H and O–H groups in total. The molecule has 1 aliphatic heterocycles. The minimum Gasteiger partial charge on any atom is -0.496 e. The first-order valence-electron chi connectivity index (χ1n) is 6.97. The number of ether oxygens (including phenoxy) is 1. The molecule has 0 aromatic heterocycles. The van der Waals surface area contributed by atoms with Gasteiger partial charge in [0.15, 0.2) is 0 Å². The summed E-state index contributed by atoms with van der Waals surface area (Å²) in [5.74, 6) is 0.895. The Labute approximate surface area is 123 Å². The number of rotatable bonds is 4. The molecule has 4 nitrogen and oxygen atoms in total. The fourth-order valence-corrected chi connectivity index (χ4v) is 2.71. The van der Waals surface area contributed by atoms with E-state index in [1.807, 2.05) is 42.5 Å². The molecule has 2 aromatic rings. The molecule has 1 aliphatic rings. The van der Waals surface area contributed by atoms with Crippen LogP contribution < -0.4 is 15.8 Å². The first-order chi connectivity index (χ1) is 10.2. The lowest BCUT2D eigenvalue weighted by atomic mass is 9.97. The highest BCUT2D eigenvalue weighted by molar-refractivity contribution is 5.99. The number of amides is 1. The Hall–Kier alpha value is -2.33. The van der Waals surface area contributed by atoms with Crippen molar-refractivity contribution >= 4 is 11.6 Å².